The van der Waals surface area contributed by atoms with Gasteiger partial charge in [-0.3, -0.25) is 9.79 Å². The van der Waals surface area contributed by atoms with E-state index in [1.165, 1.54) is 0 Å². The van der Waals surface area contributed by atoms with Crippen molar-refractivity contribution < 1.29 is 18.7 Å². The molecule has 3 aliphatic rings. The number of aliphatic carboxylic acids is 1. The summed E-state index contributed by atoms with van der Waals surface area (Å²) in [5.74, 6) is -1.80. The fraction of sp³-hybridized carbons (Fsp3) is 0.194. The number of aliphatic imine (C=N–C) groups is 1. The maximum absolute atomic E-state index is 13.7. The molecule has 1 aromatic heterocycles. The van der Waals surface area contributed by atoms with Crippen LogP contribution >= 0.6 is 11.8 Å². The highest BCUT2D eigenvalue weighted by molar-refractivity contribution is 8.08. The van der Waals surface area contributed by atoms with Crippen molar-refractivity contribution in [2.24, 2.45) is 10.4 Å². The van der Waals surface area contributed by atoms with Crippen LogP contribution in [0.3, 0.4) is 0 Å². The topological polar surface area (TPSA) is 62.5 Å². The molecule has 6 rings (SSSR count). The highest BCUT2D eigenvalue weighted by Crippen LogP contribution is 2.52. The van der Waals surface area contributed by atoms with Crippen molar-refractivity contribution in [1.29, 1.82) is 0 Å². The molecule has 2 heterocycles. The van der Waals surface area contributed by atoms with Gasteiger partial charge >= 0.3 is 5.97 Å². The number of dihydropyridines is 1. The van der Waals surface area contributed by atoms with Crippen molar-refractivity contribution in [3.05, 3.63) is 99.2 Å². The van der Waals surface area contributed by atoms with Gasteiger partial charge in [0.1, 0.15) is 0 Å². The number of carbonyl (C=O) groups is 1. The minimum atomic E-state index is -0.917. The van der Waals surface area contributed by atoms with Crippen LogP contribution in [0.5, 0.6) is 0 Å². The van der Waals surface area contributed by atoms with Gasteiger partial charge in [-0.05, 0) is 64.6 Å². The molecule has 0 bridgehead atoms. The van der Waals surface area contributed by atoms with E-state index in [0.29, 0.717) is 16.6 Å². The number of thioether (sulfide) groups is 1. The number of carboxylic acid groups (broad SMARTS) is 1. The van der Waals surface area contributed by atoms with Crippen LogP contribution in [0.2, 0.25) is 0 Å². The first-order valence-electron chi connectivity index (χ1n) is 12.5. The standard InChI is InChI=1S/C31H24F2N2O2S/c32-25-15-21-6-9-22(35-28(21)16-26(25)33)8-4-19-3-5-20-7-10-27-23(2-1-13-34-27)30(24(20)14-19)38-18-31(11-12-31)17-29(36)37/h2-10,13-16H,1,11-12,17-18H2,(H,36,37)/b8-4+. The molecule has 190 valence electrons. The van der Waals surface area contributed by atoms with Gasteiger partial charge in [0.2, 0.25) is 0 Å². The molecular formula is C31H24F2N2O2S. The third-order valence-electron chi connectivity index (χ3n) is 7.13. The van der Waals surface area contributed by atoms with Crippen LogP contribution in [0.15, 0.2) is 70.9 Å². The number of allylic oxidation sites excluding steroid dienone is 3. The predicted octanol–water partition coefficient (Wildman–Crippen LogP) is 5.86. The molecule has 3 aromatic rings. The molecule has 0 spiro atoms. The summed E-state index contributed by atoms with van der Waals surface area (Å²) < 4.78 is 27.2. The minimum absolute atomic E-state index is 0.135. The summed E-state index contributed by atoms with van der Waals surface area (Å²) in [6, 6.07) is 12.0. The Hall–Kier alpha value is -3.84. The average Bonchev–Trinajstić information content (AvgIpc) is 3.68. The van der Waals surface area contributed by atoms with E-state index in [9.17, 15) is 18.7 Å². The van der Waals surface area contributed by atoms with E-state index in [1.54, 1.807) is 23.9 Å². The smallest absolute Gasteiger partial charge is 0.303 e. The first kappa shape index (κ1) is 24.5. The van der Waals surface area contributed by atoms with Crippen molar-refractivity contribution in [3.8, 4) is 0 Å². The Morgan fingerprint density at radius 1 is 1.05 bits per heavy atom. The Balaban J connectivity index is 1.37. The minimum Gasteiger partial charge on any atom is -0.481 e. The van der Waals surface area contributed by atoms with Crippen LogP contribution in [0.25, 0.3) is 34.0 Å². The van der Waals surface area contributed by atoms with Crippen LogP contribution in [-0.4, -0.2) is 28.0 Å². The molecule has 0 atom stereocenters. The van der Waals surface area contributed by atoms with Gasteiger partial charge < -0.3 is 5.11 Å². The summed E-state index contributed by atoms with van der Waals surface area (Å²) >= 11 is 1.73. The highest BCUT2D eigenvalue weighted by Gasteiger charge is 2.44. The summed E-state index contributed by atoms with van der Waals surface area (Å²) in [6.45, 7) is 0. The van der Waals surface area contributed by atoms with Gasteiger partial charge in [-0.15, -0.1) is 11.8 Å². The number of carboxylic acids is 1. The fourth-order valence-electron chi connectivity index (χ4n) is 4.83. The van der Waals surface area contributed by atoms with Crippen LogP contribution in [0, 0.1) is 17.0 Å². The van der Waals surface area contributed by atoms with Gasteiger partial charge in [0.15, 0.2) is 11.6 Å². The molecule has 4 nitrogen and oxygen atoms in total. The van der Waals surface area contributed by atoms with Crippen LogP contribution < -0.4 is 10.4 Å². The maximum atomic E-state index is 13.7. The SMILES string of the molecule is O=C(O)CC1(CSC2=c3cc(/C=C/c4ccc5cc(F)c(F)cc5n4)ccc3=CC=C3N=CCC=C32)CC1. The van der Waals surface area contributed by atoms with Gasteiger partial charge in [-0.25, -0.2) is 13.8 Å². The maximum Gasteiger partial charge on any atom is 0.303 e. The molecule has 1 fully saturated rings. The molecule has 0 unspecified atom stereocenters. The zero-order chi connectivity index (χ0) is 26.3. The van der Waals surface area contributed by atoms with Crippen LogP contribution in [0.4, 0.5) is 8.78 Å². The number of aromatic nitrogens is 1. The third kappa shape index (κ3) is 4.98. The Bertz CT molecular complexity index is 1730. The van der Waals surface area contributed by atoms with Crippen molar-refractivity contribution in [2.45, 2.75) is 25.7 Å². The van der Waals surface area contributed by atoms with E-state index in [1.807, 2.05) is 30.5 Å². The number of nitrogens with zero attached hydrogens (tertiary/aromatic N) is 2. The van der Waals surface area contributed by atoms with E-state index in [4.69, 9.17) is 0 Å². The van der Waals surface area contributed by atoms with Gasteiger partial charge in [-0.1, -0.05) is 36.4 Å². The lowest BCUT2D eigenvalue weighted by Gasteiger charge is -2.18. The summed E-state index contributed by atoms with van der Waals surface area (Å²) in [6.07, 6.45) is 14.8. The normalized spacial score (nSPS) is 17.4. The second kappa shape index (κ2) is 9.80. The second-order valence-corrected chi connectivity index (χ2v) is 10.9. The average molecular weight is 527 g/mol. The number of fused-ring (bicyclic) bond motifs is 3. The number of hydrogen-bond acceptors (Lipinski definition) is 4. The number of pyridine rings is 1. The molecule has 2 aromatic carbocycles. The highest BCUT2D eigenvalue weighted by atomic mass is 32.2. The first-order chi connectivity index (χ1) is 18.4. The number of benzene rings is 2. The molecule has 38 heavy (non-hydrogen) atoms. The van der Waals surface area contributed by atoms with E-state index in [0.717, 1.165) is 69.3 Å². The van der Waals surface area contributed by atoms with E-state index in [-0.39, 0.29) is 11.8 Å². The van der Waals surface area contributed by atoms with Crippen molar-refractivity contribution in [2.75, 3.05) is 5.75 Å². The monoisotopic (exact) mass is 526 g/mol. The number of rotatable bonds is 7. The molecule has 7 heteroatoms. The Morgan fingerprint density at radius 3 is 2.71 bits per heavy atom. The van der Waals surface area contributed by atoms with Crippen molar-refractivity contribution in [3.63, 3.8) is 0 Å². The van der Waals surface area contributed by atoms with Gasteiger partial charge in [0.05, 0.1) is 23.3 Å². The largest absolute Gasteiger partial charge is 0.481 e. The predicted molar refractivity (Wildman–Crippen MR) is 150 cm³/mol. The third-order valence-corrected chi connectivity index (χ3v) is 8.61. The van der Waals surface area contributed by atoms with Crippen LogP contribution in [-0.2, 0) is 4.79 Å². The Labute approximate surface area is 222 Å². The first-order valence-corrected chi connectivity index (χ1v) is 13.5. The molecule has 1 aliphatic heterocycles. The zero-order valence-corrected chi connectivity index (χ0v) is 21.3. The summed E-state index contributed by atoms with van der Waals surface area (Å²) in [4.78, 5) is 21.6. The molecule has 0 saturated heterocycles. The lowest BCUT2D eigenvalue weighted by Crippen LogP contribution is -2.27. The molecule has 2 aliphatic carbocycles. The van der Waals surface area contributed by atoms with E-state index < -0.39 is 17.6 Å². The summed E-state index contributed by atoms with van der Waals surface area (Å²) in [5, 5.41) is 12.1. The Kier molecular flexibility index (Phi) is 6.32. The van der Waals surface area contributed by atoms with Crippen molar-refractivity contribution in [1.82, 2.24) is 4.98 Å². The Morgan fingerprint density at radius 2 is 1.89 bits per heavy atom. The fourth-order valence-corrected chi connectivity index (χ4v) is 6.35. The molecule has 0 amide bonds. The molecular weight excluding hydrogens is 502 g/mol. The summed E-state index contributed by atoms with van der Waals surface area (Å²) in [7, 11) is 0. The molecule has 1 saturated carbocycles. The molecule has 1 N–H and O–H groups in total. The van der Waals surface area contributed by atoms with Gasteiger partial charge in [0, 0.05) is 40.3 Å². The lowest BCUT2D eigenvalue weighted by molar-refractivity contribution is -0.138. The summed E-state index contributed by atoms with van der Waals surface area (Å²) in [5.41, 5.74) is 3.88. The second-order valence-electron chi connectivity index (χ2n) is 9.95. The van der Waals surface area contributed by atoms with Crippen molar-refractivity contribution >= 4 is 58.0 Å². The zero-order valence-electron chi connectivity index (χ0n) is 20.5. The van der Waals surface area contributed by atoms with Crippen LogP contribution in [0.1, 0.15) is 36.9 Å². The van der Waals surface area contributed by atoms with Gasteiger partial charge in [0.25, 0.3) is 0 Å². The quantitative estimate of drug-likeness (QED) is 0.419. The van der Waals surface area contributed by atoms with E-state index >= 15 is 0 Å². The van der Waals surface area contributed by atoms with Gasteiger partial charge in [-0.2, -0.15) is 0 Å². The lowest BCUT2D eigenvalue weighted by atomic mass is 10.1. The number of halogens is 2. The van der Waals surface area contributed by atoms with E-state index in [2.05, 4.69) is 34.3 Å². The number of hydrogen-bond donors (Lipinski definition) is 1. The molecule has 0 radical (unpaired) electrons.